The van der Waals surface area contributed by atoms with Crippen LogP contribution in [0.2, 0.25) is 0 Å². The highest BCUT2D eigenvalue weighted by molar-refractivity contribution is 5.71. The molecule has 168 valence electrons. The third-order valence-electron chi connectivity index (χ3n) is 6.14. The number of oxazole rings is 1. The molecular weight excluding hydrogens is 402 g/mol. The van der Waals surface area contributed by atoms with Crippen LogP contribution in [0, 0.1) is 6.92 Å². The first kappa shape index (κ1) is 22.1. The highest BCUT2D eigenvalue weighted by Gasteiger charge is 2.25. The summed E-state index contributed by atoms with van der Waals surface area (Å²) in [5, 5.41) is 0. The Morgan fingerprint density at radius 1 is 1.16 bits per heavy atom. The number of aryl methyl sites for hydroxylation is 3. The maximum Gasteiger partial charge on any atom is 0.306 e. The number of aromatic nitrogens is 1. The van der Waals surface area contributed by atoms with E-state index in [4.69, 9.17) is 13.9 Å². The quantitative estimate of drug-likeness (QED) is 0.398. The molecule has 1 aliphatic rings. The number of nitrogens with zero attached hydrogens (tertiary/aromatic N) is 1. The van der Waals surface area contributed by atoms with Crippen LogP contribution in [0.1, 0.15) is 60.8 Å². The van der Waals surface area contributed by atoms with Crippen LogP contribution in [0.4, 0.5) is 0 Å². The van der Waals surface area contributed by atoms with Gasteiger partial charge in [-0.3, -0.25) is 4.79 Å². The van der Waals surface area contributed by atoms with Crippen molar-refractivity contribution in [3.63, 3.8) is 0 Å². The lowest BCUT2D eigenvalue weighted by Crippen LogP contribution is -2.08. The molecule has 0 fully saturated rings. The molecule has 1 aliphatic carbocycles. The molecule has 3 aromatic rings. The van der Waals surface area contributed by atoms with Gasteiger partial charge in [-0.15, -0.1) is 0 Å². The van der Waals surface area contributed by atoms with Crippen LogP contribution in [-0.4, -0.2) is 24.2 Å². The van der Waals surface area contributed by atoms with Crippen LogP contribution in [0.3, 0.4) is 0 Å². The molecule has 1 heterocycles. The number of rotatable bonds is 9. The highest BCUT2D eigenvalue weighted by atomic mass is 16.5. The zero-order chi connectivity index (χ0) is 22.5. The second-order valence-electron chi connectivity index (χ2n) is 8.28. The molecule has 1 aromatic heterocycles. The van der Waals surface area contributed by atoms with Crippen molar-refractivity contribution in [1.29, 1.82) is 0 Å². The lowest BCUT2D eigenvalue weighted by molar-refractivity contribution is -0.143. The van der Waals surface area contributed by atoms with Gasteiger partial charge in [0, 0.05) is 12.0 Å². The second-order valence-corrected chi connectivity index (χ2v) is 8.28. The lowest BCUT2D eigenvalue weighted by atomic mass is 9.98. The molecule has 0 radical (unpaired) electrons. The van der Waals surface area contributed by atoms with Crippen molar-refractivity contribution in [2.75, 3.05) is 13.2 Å². The first-order valence-corrected chi connectivity index (χ1v) is 11.5. The smallest absolute Gasteiger partial charge is 0.306 e. The number of carbonyl (C=O) groups is 1. The average molecular weight is 434 g/mol. The van der Waals surface area contributed by atoms with E-state index in [1.165, 1.54) is 16.7 Å². The summed E-state index contributed by atoms with van der Waals surface area (Å²) in [6.07, 6.45) is 4.11. The van der Waals surface area contributed by atoms with E-state index in [1.807, 2.05) is 19.9 Å². The van der Waals surface area contributed by atoms with Crippen molar-refractivity contribution in [2.45, 2.75) is 58.8 Å². The Morgan fingerprint density at radius 2 is 1.97 bits per heavy atom. The summed E-state index contributed by atoms with van der Waals surface area (Å²) in [6.45, 7) is 6.90. The molecule has 0 N–H and O–H groups in total. The van der Waals surface area contributed by atoms with Crippen molar-refractivity contribution in [1.82, 2.24) is 4.98 Å². The zero-order valence-electron chi connectivity index (χ0n) is 19.1. The van der Waals surface area contributed by atoms with Gasteiger partial charge in [-0.2, -0.15) is 0 Å². The van der Waals surface area contributed by atoms with Crippen LogP contribution >= 0.6 is 0 Å². The van der Waals surface area contributed by atoms with Gasteiger partial charge in [0.1, 0.15) is 11.5 Å². The molecule has 5 nitrogen and oxygen atoms in total. The number of carbonyl (C=O) groups excluding carboxylic acids is 1. The van der Waals surface area contributed by atoms with E-state index in [0.717, 1.165) is 42.0 Å². The maximum absolute atomic E-state index is 11.8. The van der Waals surface area contributed by atoms with E-state index in [2.05, 4.69) is 48.3 Å². The Bertz CT molecular complexity index is 1070. The summed E-state index contributed by atoms with van der Waals surface area (Å²) in [5.74, 6) is 2.48. The fraction of sp³-hybridized carbons (Fsp3) is 0.407. The molecule has 0 spiro atoms. The van der Waals surface area contributed by atoms with E-state index in [9.17, 15) is 4.79 Å². The van der Waals surface area contributed by atoms with Gasteiger partial charge in [0.2, 0.25) is 5.89 Å². The lowest BCUT2D eigenvalue weighted by Gasteiger charge is -2.12. The van der Waals surface area contributed by atoms with Gasteiger partial charge in [-0.25, -0.2) is 4.98 Å². The van der Waals surface area contributed by atoms with E-state index in [-0.39, 0.29) is 11.9 Å². The molecule has 0 bridgehead atoms. The first-order chi connectivity index (χ1) is 15.6. The number of hydrogen-bond donors (Lipinski definition) is 0. The van der Waals surface area contributed by atoms with Crippen molar-refractivity contribution >= 4 is 5.97 Å². The molecular formula is C27H31NO4. The fourth-order valence-electron chi connectivity index (χ4n) is 4.34. The minimum Gasteiger partial charge on any atom is -0.493 e. The number of benzene rings is 2. The standard InChI is InChI=1S/C27H31NO4/c1-4-19-6-8-20(9-7-19)27-28-25(18(3)32-27)14-15-31-23-12-13-24-21(16-23)10-11-22(24)17-26(29)30-5-2/h6-9,12-13,16,22H,4-5,10-11,14-15,17H2,1-3H3/t22-/m0/s1. The third kappa shape index (κ3) is 5.04. The number of hydrogen-bond acceptors (Lipinski definition) is 5. The van der Waals surface area contributed by atoms with Gasteiger partial charge >= 0.3 is 5.97 Å². The summed E-state index contributed by atoms with van der Waals surface area (Å²) in [5.41, 5.74) is 5.74. The van der Waals surface area contributed by atoms with Gasteiger partial charge in [0.05, 0.1) is 25.3 Å². The van der Waals surface area contributed by atoms with E-state index in [0.29, 0.717) is 31.9 Å². The van der Waals surface area contributed by atoms with Gasteiger partial charge < -0.3 is 13.9 Å². The van der Waals surface area contributed by atoms with Crippen molar-refractivity contribution in [2.24, 2.45) is 0 Å². The Morgan fingerprint density at radius 3 is 2.72 bits per heavy atom. The topological polar surface area (TPSA) is 61.6 Å². The van der Waals surface area contributed by atoms with Crippen LogP contribution < -0.4 is 4.74 Å². The number of ether oxygens (including phenoxy) is 2. The predicted molar refractivity (Wildman–Crippen MR) is 124 cm³/mol. The summed E-state index contributed by atoms with van der Waals surface area (Å²) in [4.78, 5) is 16.5. The average Bonchev–Trinajstić information content (AvgIpc) is 3.37. The molecule has 0 unspecified atom stereocenters. The molecule has 32 heavy (non-hydrogen) atoms. The van der Waals surface area contributed by atoms with Crippen LogP contribution in [0.5, 0.6) is 5.75 Å². The number of esters is 1. The summed E-state index contributed by atoms with van der Waals surface area (Å²) in [7, 11) is 0. The minimum atomic E-state index is -0.116. The Hall–Kier alpha value is -3.08. The summed E-state index contributed by atoms with van der Waals surface area (Å²) in [6, 6.07) is 14.6. The second kappa shape index (κ2) is 10.0. The zero-order valence-corrected chi connectivity index (χ0v) is 19.1. The molecule has 1 atom stereocenters. The molecule has 4 rings (SSSR count). The monoisotopic (exact) mass is 433 g/mol. The maximum atomic E-state index is 11.8. The van der Waals surface area contributed by atoms with Crippen molar-refractivity contribution in [3.8, 4) is 17.2 Å². The Kier molecular flexibility index (Phi) is 6.93. The molecule has 0 saturated carbocycles. The predicted octanol–water partition coefficient (Wildman–Crippen LogP) is 5.82. The molecule has 0 aliphatic heterocycles. The van der Waals surface area contributed by atoms with E-state index < -0.39 is 0 Å². The first-order valence-electron chi connectivity index (χ1n) is 11.5. The Labute approximate surface area is 189 Å². The summed E-state index contributed by atoms with van der Waals surface area (Å²) < 4.78 is 17.0. The van der Waals surface area contributed by atoms with Gasteiger partial charge in [-0.1, -0.05) is 25.1 Å². The van der Waals surface area contributed by atoms with E-state index in [1.54, 1.807) is 0 Å². The fourth-order valence-corrected chi connectivity index (χ4v) is 4.34. The number of fused-ring (bicyclic) bond motifs is 1. The van der Waals surface area contributed by atoms with E-state index >= 15 is 0 Å². The molecule has 0 saturated heterocycles. The van der Waals surface area contributed by atoms with Gasteiger partial charge in [0.25, 0.3) is 0 Å². The Balaban J connectivity index is 1.34. The largest absolute Gasteiger partial charge is 0.493 e. The highest BCUT2D eigenvalue weighted by Crippen LogP contribution is 2.37. The molecule has 5 heteroatoms. The SMILES string of the molecule is CCOC(=O)C[C@@H]1CCc2cc(OCCc3nc(-c4ccc(CC)cc4)oc3C)ccc21. The third-order valence-corrected chi connectivity index (χ3v) is 6.14. The minimum absolute atomic E-state index is 0.116. The van der Waals surface area contributed by atoms with Crippen LogP contribution in [0.15, 0.2) is 46.9 Å². The normalized spacial score (nSPS) is 14.9. The van der Waals surface area contributed by atoms with Crippen LogP contribution in [-0.2, 0) is 28.8 Å². The van der Waals surface area contributed by atoms with Crippen molar-refractivity contribution < 1.29 is 18.7 Å². The van der Waals surface area contributed by atoms with Gasteiger partial charge in [0.15, 0.2) is 0 Å². The molecule has 2 aromatic carbocycles. The summed E-state index contributed by atoms with van der Waals surface area (Å²) >= 11 is 0. The van der Waals surface area contributed by atoms with Crippen LogP contribution in [0.25, 0.3) is 11.5 Å². The van der Waals surface area contributed by atoms with Crippen molar-refractivity contribution in [3.05, 3.63) is 70.6 Å². The van der Waals surface area contributed by atoms with Gasteiger partial charge in [-0.05, 0) is 80.0 Å². The molecule has 0 amide bonds.